The Balaban J connectivity index is 2.57. The van der Waals surface area contributed by atoms with Crippen LogP contribution in [0.3, 0.4) is 0 Å². The highest BCUT2D eigenvalue weighted by atomic mass is 16.2. The van der Waals surface area contributed by atoms with Crippen LogP contribution in [-0.2, 0) is 4.79 Å². The first kappa shape index (κ1) is 17.4. The second-order valence-electron chi connectivity index (χ2n) is 6.43. The summed E-state index contributed by atoms with van der Waals surface area (Å²) in [6.07, 6.45) is 4.78. The molecule has 3 unspecified atom stereocenters. The van der Waals surface area contributed by atoms with Gasteiger partial charge in [0.2, 0.25) is 5.91 Å². The zero-order valence-electron chi connectivity index (χ0n) is 13.9. The van der Waals surface area contributed by atoms with Crippen LogP contribution in [0.25, 0.3) is 0 Å². The summed E-state index contributed by atoms with van der Waals surface area (Å²) >= 11 is 0. The van der Waals surface area contributed by atoms with E-state index in [-0.39, 0.29) is 18.0 Å². The molecule has 4 nitrogen and oxygen atoms in total. The lowest BCUT2D eigenvalue weighted by molar-refractivity contribution is -0.127. The maximum Gasteiger partial charge on any atom is 0.237 e. The number of nitrogens with zero attached hydrogens (tertiary/aromatic N) is 1. The Labute approximate surface area is 124 Å². The van der Waals surface area contributed by atoms with E-state index < -0.39 is 0 Å². The normalized spacial score (nSPS) is 22.9. The van der Waals surface area contributed by atoms with Crippen LogP contribution in [0.1, 0.15) is 60.3 Å². The molecule has 0 spiro atoms. The average Bonchev–Trinajstić information content (AvgIpc) is 2.44. The first-order valence-corrected chi connectivity index (χ1v) is 8.25. The van der Waals surface area contributed by atoms with Gasteiger partial charge in [-0.1, -0.05) is 13.3 Å². The zero-order valence-corrected chi connectivity index (χ0v) is 13.9. The maximum atomic E-state index is 12.3. The molecule has 4 heteroatoms. The van der Waals surface area contributed by atoms with Crippen molar-refractivity contribution < 1.29 is 4.79 Å². The molecule has 2 N–H and O–H groups in total. The number of hydrogen-bond donors (Lipinski definition) is 2. The number of carbonyl (C=O) groups is 1. The van der Waals surface area contributed by atoms with Crippen molar-refractivity contribution >= 4 is 5.91 Å². The highest BCUT2D eigenvalue weighted by Crippen LogP contribution is 2.13. The van der Waals surface area contributed by atoms with Gasteiger partial charge in [-0.15, -0.1) is 0 Å². The Morgan fingerprint density at radius 1 is 1.30 bits per heavy atom. The Kier molecular flexibility index (Phi) is 7.52. The van der Waals surface area contributed by atoms with E-state index >= 15 is 0 Å². The molecule has 0 aliphatic carbocycles. The van der Waals surface area contributed by atoms with Gasteiger partial charge in [0.1, 0.15) is 0 Å². The second-order valence-corrected chi connectivity index (χ2v) is 6.43. The molecular weight excluding hydrogens is 250 g/mol. The van der Waals surface area contributed by atoms with Crippen molar-refractivity contribution in [2.24, 2.45) is 0 Å². The molecule has 1 aliphatic rings. The third-order valence-electron chi connectivity index (χ3n) is 4.38. The number of hydrogen-bond acceptors (Lipinski definition) is 3. The Hall–Kier alpha value is -0.610. The first-order valence-electron chi connectivity index (χ1n) is 8.25. The zero-order chi connectivity index (χ0) is 15.1. The molecule has 0 bridgehead atoms. The molecule has 0 aromatic heterocycles. The minimum atomic E-state index is -0.0623. The van der Waals surface area contributed by atoms with Gasteiger partial charge < -0.3 is 10.6 Å². The van der Waals surface area contributed by atoms with Crippen molar-refractivity contribution in [2.45, 2.75) is 84.5 Å². The SMILES string of the molecule is CCC(C)NC(=O)C(C)N(CC1CCCCN1)C(C)C. The number of carbonyl (C=O) groups excluding carboxylic acids is 1. The summed E-state index contributed by atoms with van der Waals surface area (Å²) in [6.45, 7) is 12.6. The van der Waals surface area contributed by atoms with Gasteiger partial charge in [0.15, 0.2) is 0 Å². The van der Waals surface area contributed by atoms with Crippen LogP contribution in [0.5, 0.6) is 0 Å². The third kappa shape index (κ3) is 5.41. The van der Waals surface area contributed by atoms with Crippen LogP contribution >= 0.6 is 0 Å². The van der Waals surface area contributed by atoms with Gasteiger partial charge in [0.05, 0.1) is 6.04 Å². The lowest BCUT2D eigenvalue weighted by Gasteiger charge is -2.36. The summed E-state index contributed by atoms with van der Waals surface area (Å²) in [7, 11) is 0. The van der Waals surface area contributed by atoms with E-state index in [0.717, 1.165) is 19.5 Å². The van der Waals surface area contributed by atoms with E-state index in [4.69, 9.17) is 0 Å². The van der Waals surface area contributed by atoms with Gasteiger partial charge >= 0.3 is 0 Å². The molecule has 1 aliphatic heterocycles. The van der Waals surface area contributed by atoms with E-state index in [0.29, 0.717) is 12.1 Å². The molecule has 3 atom stereocenters. The summed E-state index contributed by atoms with van der Waals surface area (Å²) in [5.41, 5.74) is 0. The van der Waals surface area contributed by atoms with E-state index in [1.165, 1.54) is 19.3 Å². The summed E-state index contributed by atoms with van der Waals surface area (Å²) in [5.74, 6) is 0.156. The maximum absolute atomic E-state index is 12.3. The first-order chi connectivity index (χ1) is 9.45. The van der Waals surface area contributed by atoms with Crippen LogP contribution in [0, 0.1) is 0 Å². The molecule has 20 heavy (non-hydrogen) atoms. The molecular formula is C16H33N3O. The van der Waals surface area contributed by atoms with Gasteiger partial charge in [0, 0.05) is 24.7 Å². The highest BCUT2D eigenvalue weighted by Gasteiger charge is 2.27. The van der Waals surface area contributed by atoms with Crippen molar-refractivity contribution in [3.8, 4) is 0 Å². The smallest absolute Gasteiger partial charge is 0.237 e. The van der Waals surface area contributed by atoms with Crippen LogP contribution in [0.2, 0.25) is 0 Å². The van der Waals surface area contributed by atoms with Gasteiger partial charge in [-0.05, 0) is 53.5 Å². The van der Waals surface area contributed by atoms with E-state index in [9.17, 15) is 4.79 Å². The standard InChI is InChI=1S/C16H33N3O/c1-6-13(4)18-16(20)14(5)19(12(2)3)11-15-9-7-8-10-17-15/h12-15,17H,6-11H2,1-5H3,(H,18,20). The predicted molar refractivity (Wildman–Crippen MR) is 84.8 cm³/mol. The second kappa shape index (κ2) is 8.63. The average molecular weight is 283 g/mol. The summed E-state index contributed by atoms with van der Waals surface area (Å²) < 4.78 is 0. The molecule has 0 saturated carbocycles. The number of piperidine rings is 1. The van der Waals surface area contributed by atoms with Gasteiger partial charge in [-0.25, -0.2) is 0 Å². The van der Waals surface area contributed by atoms with Crippen molar-refractivity contribution in [3.63, 3.8) is 0 Å². The quantitative estimate of drug-likeness (QED) is 0.752. The van der Waals surface area contributed by atoms with Crippen LogP contribution in [-0.4, -0.2) is 48.1 Å². The molecule has 1 saturated heterocycles. The summed E-state index contributed by atoms with van der Waals surface area (Å²) in [5, 5.41) is 6.68. The molecule has 118 valence electrons. The minimum Gasteiger partial charge on any atom is -0.352 e. The molecule has 0 aromatic rings. The van der Waals surface area contributed by atoms with Gasteiger partial charge in [-0.2, -0.15) is 0 Å². The summed E-state index contributed by atoms with van der Waals surface area (Å²) in [6, 6.07) is 1.11. The Bertz CT molecular complexity index is 287. The van der Waals surface area contributed by atoms with Gasteiger partial charge in [0.25, 0.3) is 0 Å². The van der Waals surface area contributed by atoms with Crippen LogP contribution in [0.4, 0.5) is 0 Å². The van der Waals surface area contributed by atoms with Crippen molar-refractivity contribution in [1.29, 1.82) is 0 Å². The number of rotatable bonds is 7. The molecule has 1 amide bonds. The van der Waals surface area contributed by atoms with Gasteiger partial charge in [-0.3, -0.25) is 9.69 Å². The monoisotopic (exact) mass is 283 g/mol. The topological polar surface area (TPSA) is 44.4 Å². The van der Waals surface area contributed by atoms with E-state index in [2.05, 4.69) is 43.2 Å². The molecule has 0 radical (unpaired) electrons. The highest BCUT2D eigenvalue weighted by molar-refractivity contribution is 5.81. The number of nitrogens with one attached hydrogen (secondary N) is 2. The fourth-order valence-corrected chi connectivity index (χ4v) is 2.77. The Morgan fingerprint density at radius 2 is 2.00 bits per heavy atom. The van der Waals surface area contributed by atoms with E-state index in [1.54, 1.807) is 0 Å². The van der Waals surface area contributed by atoms with E-state index in [1.807, 2.05) is 6.92 Å². The molecule has 0 aromatic carbocycles. The lowest BCUT2D eigenvalue weighted by atomic mass is 10.0. The number of amides is 1. The third-order valence-corrected chi connectivity index (χ3v) is 4.38. The molecule has 1 heterocycles. The molecule has 1 fully saturated rings. The fraction of sp³-hybridized carbons (Fsp3) is 0.938. The summed E-state index contributed by atoms with van der Waals surface area (Å²) in [4.78, 5) is 14.6. The van der Waals surface area contributed by atoms with Crippen molar-refractivity contribution in [2.75, 3.05) is 13.1 Å². The predicted octanol–water partition coefficient (Wildman–Crippen LogP) is 2.14. The Morgan fingerprint density at radius 3 is 2.50 bits per heavy atom. The lowest BCUT2D eigenvalue weighted by Crippen LogP contribution is -2.54. The molecule has 1 rings (SSSR count). The minimum absolute atomic E-state index is 0.0623. The van der Waals surface area contributed by atoms with Crippen LogP contribution < -0.4 is 10.6 Å². The largest absolute Gasteiger partial charge is 0.352 e. The fourth-order valence-electron chi connectivity index (χ4n) is 2.77. The van der Waals surface area contributed by atoms with Crippen molar-refractivity contribution in [1.82, 2.24) is 15.5 Å². The van der Waals surface area contributed by atoms with Crippen LogP contribution in [0.15, 0.2) is 0 Å². The van der Waals surface area contributed by atoms with Crippen molar-refractivity contribution in [3.05, 3.63) is 0 Å².